The molecule has 0 saturated carbocycles. The molecule has 0 bridgehead atoms. The molecule has 0 radical (unpaired) electrons. The summed E-state index contributed by atoms with van der Waals surface area (Å²) in [6, 6.07) is 11.2. The lowest BCUT2D eigenvalue weighted by Crippen LogP contribution is -2.28. The number of aliphatic hydroxyl groups excluding tert-OH is 1. The number of carbonyl (C=O) groups is 1. The number of carbonyl (C=O) groups excluding carboxylic acids is 1. The van der Waals surface area contributed by atoms with Gasteiger partial charge in [-0.1, -0.05) is 6.07 Å². The fourth-order valence-corrected chi connectivity index (χ4v) is 2.94. The van der Waals surface area contributed by atoms with Gasteiger partial charge < -0.3 is 24.4 Å². The summed E-state index contributed by atoms with van der Waals surface area (Å²) >= 11 is 0. The Hall–Kier alpha value is -2.73. The Morgan fingerprint density at radius 1 is 0.962 bits per heavy atom. The molecule has 2 heterocycles. The standard InChI is InChI=1S/C10H13NO2.C10H11NO2/c2*1-11-4-5-13-10-3-2-8(7-12)6-9(10)11/h2-3,6,12H,4-5,7H2,1H3;2-3,6-7H,4-5H2,1H3. The second-order valence-electron chi connectivity index (χ2n) is 6.35. The van der Waals surface area contributed by atoms with Crippen molar-refractivity contribution in [1.29, 1.82) is 0 Å². The number of ether oxygens (including phenoxy) is 2. The number of anilines is 2. The number of benzene rings is 2. The smallest absolute Gasteiger partial charge is 0.150 e. The first kappa shape index (κ1) is 18.1. The molecule has 0 spiro atoms. The number of nitrogens with zero attached hydrogens (tertiary/aromatic N) is 2. The molecule has 0 amide bonds. The first-order valence-electron chi connectivity index (χ1n) is 8.63. The van der Waals surface area contributed by atoms with Crippen molar-refractivity contribution in [2.45, 2.75) is 6.61 Å². The van der Waals surface area contributed by atoms with Crippen LogP contribution in [0.3, 0.4) is 0 Å². The molecule has 4 rings (SSSR count). The minimum Gasteiger partial charge on any atom is -0.490 e. The van der Waals surface area contributed by atoms with Gasteiger partial charge in [0.2, 0.25) is 0 Å². The van der Waals surface area contributed by atoms with Gasteiger partial charge in [-0.25, -0.2) is 0 Å². The van der Waals surface area contributed by atoms with E-state index in [2.05, 4.69) is 9.80 Å². The molecule has 0 aliphatic carbocycles. The predicted molar refractivity (Wildman–Crippen MR) is 102 cm³/mol. The Morgan fingerprint density at radius 3 is 2.12 bits per heavy atom. The van der Waals surface area contributed by atoms with Crippen molar-refractivity contribution in [3.05, 3.63) is 47.5 Å². The Balaban J connectivity index is 0.000000151. The Morgan fingerprint density at radius 2 is 1.54 bits per heavy atom. The minimum absolute atomic E-state index is 0.0844. The number of fused-ring (bicyclic) bond motifs is 2. The van der Waals surface area contributed by atoms with Crippen LogP contribution in [0.5, 0.6) is 11.5 Å². The summed E-state index contributed by atoms with van der Waals surface area (Å²) in [6.07, 6.45) is 0.850. The number of aldehydes is 1. The molecule has 0 saturated heterocycles. The third-order valence-corrected chi connectivity index (χ3v) is 4.52. The van der Waals surface area contributed by atoms with Crippen LogP contribution in [0.4, 0.5) is 11.4 Å². The van der Waals surface area contributed by atoms with E-state index >= 15 is 0 Å². The van der Waals surface area contributed by atoms with Gasteiger partial charge in [0.05, 0.1) is 31.1 Å². The molecular formula is C20H24N2O4. The first-order chi connectivity index (χ1) is 12.6. The van der Waals surface area contributed by atoms with Crippen LogP contribution in [0.25, 0.3) is 0 Å². The van der Waals surface area contributed by atoms with Gasteiger partial charge in [-0.15, -0.1) is 0 Å². The van der Waals surface area contributed by atoms with Crippen LogP contribution in [-0.2, 0) is 6.61 Å². The van der Waals surface area contributed by atoms with Crippen molar-refractivity contribution in [1.82, 2.24) is 0 Å². The SMILES string of the molecule is CN1CCOc2ccc(C=O)cc21.CN1CCOc2ccc(CO)cc21. The van der Waals surface area contributed by atoms with Crippen molar-refractivity contribution in [2.75, 3.05) is 50.2 Å². The van der Waals surface area contributed by atoms with E-state index < -0.39 is 0 Å². The molecular weight excluding hydrogens is 332 g/mol. The van der Waals surface area contributed by atoms with Crippen molar-refractivity contribution in [2.24, 2.45) is 0 Å². The predicted octanol–water partition coefficient (Wildman–Crippen LogP) is 2.34. The van der Waals surface area contributed by atoms with Crippen molar-refractivity contribution in [3.8, 4) is 11.5 Å². The van der Waals surface area contributed by atoms with Gasteiger partial charge in [-0.05, 0) is 35.9 Å². The second kappa shape index (κ2) is 8.10. The third kappa shape index (κ3) is 3.91. The lowest BCUT2D eigenvalue weighted by Gasteiger charge is -2.27. The molecule has 2 aliphatic heterocycles. The number of rotatable bonds is 2. The highest BCUT2D eigenvalue weighted by Gasteiger charge is 2.15. The Bertz CT molecular complexity index is 778. The molecule has 6 heteroatoms. The summed E-state index contributed by atoms with van der Waals surface area (Å²) in [6.45, 7) is 3.31. The van der Waals surface area contributed by atoms with E-state index in [0.29, 0.717) is 12.2 Å². The maximum atomic E-state index is 10.5. The molecule has 0 unspecified atom stereocenters. The van der Waals surface area contributed by atoms with E-state index in [0.717, 1.165) is 54.4 Å². The monoisotopic (exact) mass is 356 g/mol. The summed E-state index contributed by atoms with van der Waals surface area (Å²) in [4.78, 5) is 14.8. The van der Waals surface area contributed by atoms with E-state index in [1.54, 1.807) is 6.07 Å². The third-order valence-electron chi connectivity index (χ3n) is 4.52. The lowest BCUT2D eigenvalue weighted by molar-refractivity contribution is 0.112. The van der Waals surface area contributed by atoms with Gasteiger partial charge in [0.25, 0.3) is 0 Å². The number of hydrogen-bond acceptors (Lipinski definition) is 6. The zero-order valence-corrected chi connectivity index (χ0v) is 15.1. The van der Waals surface area contributed by atoms with Gasteiger partial charge in [0, 0.05) is 19.7 Å². The van der Waals surface area contributed by atoms with Crippen LogP contribution >= 0.6 is 0 Å². The fraction of sp³-hybridized carbons (Fsp3) is 0.350. The maximum absolute atomic E-state index is 10.5. The fourth-order valence-electron chi connectivity index (χ4n) is 2.94. The number of hydrogen-bond donors (Lipinski definition) is 1. The topological polar surface area (TPSA) is 62.2 Å². The largest absolute Gasteiger partial charge is 0.490 e. The molecule has 6 nitrogen and oxygen atoms in total. The Labute approximate surface area is 153 Å². The van der Waals surface area contributed by atoms with Crippen molar-refractivity contribution in [3.63, 3.8) is 0 Å². The molecule has 0 fully saturated rings. The van der Waals surface area contributed by atoms with Gasteiger partial charge in [0.15, 0.2) is 0 Å². The average molecular weight is 356 g/mol. The van der Waals surface area contributed by atoms with Crippen LogP contribution in [0.15, 0.2) is 36.4 Å². The number of likely N-dealkylation sites (N-methyl/N-ethyl adjacent to an activating group) is 2. The van der Waals surface area contributed by atoms with Crippen molar-refractivity contribution >= 4 is 17.7 Å². The summed E-state index contributed by atoms with van der Waals surface area (Å²) in [7, 11) is 4.03. The van der Waals surface area contributed by atoms with E-state index in [9.17, 15) is 4.79 Å². The van der Waals surface area contributed by atoms with E-state index in [1.165, 1.54) is 0 Å². The summed E-state index contributed by atoms with van der Waals surface area (Å²) < 4.78 is 10.9. The number of aliphatic hydroxyl groups is 1. The molecule has 138 valence electrons. The van der Waals surface area contributed by atoms with Crippen LogP contribution in [0.2, 0.25) is 0 Å². The quantitative estimate of drug-likeness (QED) is 0.834. The van der Waals surface area contributed by atoms with Gasteiger partial charge in [-0.2, -0.15) is 0 Å². The molecule has 0 aromatic heterocycles. The van der Waals surface area contributed by atoms with E-state index in [1.807, 2.05) is 44.4 Å². The molecule has 1 N–H and O–H groups in total. The van der Waals surface area contributed by atoms with Crippen LogP contribution in [0, 0.1) is 0 Å². The summed E-state index contributed by atoms with van der Waals surface area (Å²) in [5.74, 6) is 1.77. The van der Waals surface area contributed by atoms with Crippen LogP contribution in [-0.4, -0.2) is 51.8 Å². The van der Waals surface area contributed by atoms with Crippen LogP contribution in [0.1, 0.15) is 15.9 Å². The summed E-state index contributed by atoms with van der Waals surface area (Å²) in [5.41, 5.74) is 3.68. The van der Waals surface area contributed by atoms with Gasteiger partial charge >= 0.3 is 0 Å². The van der Waals surface area contributed by atoms with Gasteiger partial charge in [0.1, 0.15) is 31.0 Å². The summed E-state index contributed by atoms with van der Waals surface area (Å²) in [5, 5.41) is 8.97. The molecule has 2 aromatic rings. The second-order valence-corrected chi connectivity index (χ2v) is 6.35. The maximum Gasteiger partial charge on any atom is 0.150 e. The highest BCUT2D eigenvalue weighted by molar-refractivity contribution is 5.79. The van der Waals surface area contributed by atoms with Crippen molar-refractivity contribution < 1.29 is 19.4 Å². The average Bonchev–Trinajstić information content (AvgIpc) is 2.69. The molecule has 26 heavy (non-hydrogen) atoms. The zero-order chi connectivity index (χ0) is 18.5. The zero-order valence-electron chi connectivity index (χ0n) is 15.1. The van der Waals surface area contributed by atoms with E-state index in [-0.39, 0.29) is 6.61 Å². The normalized spacial score (nSPS) is 14.9. The van der Waals surface area contributed by atoms with Gasteiger partial charge in [-0.3, -0.25) is 4.79 Å². The molecule has 2 aliphatic rings. The molecule has 0 atom stereocenters. The first-order valence-corrected chi connectivity index (χ1v) is 8.63. The Kier molecular flexibility index (Phi) is 5.63. The van der Waals surface area contributed by atoms with Crippen LogP contribution < -0.4 is 19.3 Å². The van der Waals surface area contributed by atoms with E-state index in [4.69, 9.17) is 14.6 Å². The highest BCUT2D eigenvalue weighted by atomic mass is 16.5. The minimum atomic E-state index is 0.0844. The lowest BCUT2D eigenvalue weighted by atomic mass is 10.1. The molecule has 2 aromatic carbocycles. The highest BCUT2D eigenvalue weighted by Crippen LogP contribution is 2.32.